The van der Waals surface area contributed by atoms with Crippen molar-refractivity contribution in [2.75, 3.05) is 37.4 Å². The molecule has 0 saturated heterocycles. The number of nitrogens with two attached hydrogens (primary N) is 1. The van der Waals surface area contributed by atoms with Crippen LogP contribution in [-0.4, -0.2) is 34.7 Å². The minimum Gasteiger partial charge on any atom is -0.397 e. The largest absolute Gasteiger partial charge is 0.397 e. The van der Waals surface area contributed by atoms with E-state index in [0.717, 1.165) is 6.42 Å². The van der Waals surface area contributed by atoms with Gasteiger partial charge in [0, 0.05) is 26.3 Å². The Labute approximate surface area is 120 Å². The molecule has 0 unspecified atom stereocenters. The van der Waals surface area contributed by atoms with Gasteiger partial charge in [-0.2, -0.15) is 0 Å². The first-order valence-electron chi connectivity index (χ1n) is 6.72. The Bertz CT molecular complexity index is 518. The van der Waals surface area contributed by atoms with E-state index in [0.29, 0.717) is 37.7 Å². The van der Waals surface area contributed by atoms with E-state index in [1.807, 2.05) is 6.92 Å². The zero-order valence-corrected chi connectivity index (χ0v) is 12.8. The van der Waals surface area contributed by atoms with Gasteiger partial charge in [0.05, 0.1) is 16.3 Å². The monoisotopic (exact) mass is 301 g/mol. The van der Waals surface area contributed by atoms with Crippen LogP contribution >= 0.6 is 0 Å². The van der Waals surface area contributed by atoms with Crippen LogP contribution in [0.5, 0.6) is 0 Å². The van der Waals surface area contributed by atoms with Crippen LogP contribution in [0.2, 0.25) is 0 Å². The van der Waals surface area contributed by atoms with Crippen molar-refractivity contribution >= 4 is 21.4 Å². The third-order valence-corrected chi connectivity index (χ3v) is 4.20. The SMILES string of the molecule is CCNS(=O)(=O)c1ccc(N)c(NCCCOCC)c1. The zero-order valence-electron chi connectivity index (χ0n) is 12.0. The van der Waals surface area contributed by atoms with E-state index >= 15 is 0 Å². The number of hydrogen-bond donors (Lipinski definition) is 3. The molecule has 4 N–H and O–H groups in total. The summed E-state index contributed by atoms with van der Waals surface area (Å²) in [6.45, 7) is 6.07. The normalized spacial score (nSPS) is 11.5. The predicted octanol–water partition coefficient (Wildman–Crippen LogP) is 1.41. The van der Waals surface area contributed by atoms with Gasteiger partial charge in [-0.15, -0.1) is 0 Å². The Morgan fingerprint density at radius 1 is 1.30 bits per heavy atom. The maximum absolute atomic E-state index is 11.9. The van der Waals surface area contributed by atoms with Gasteiger partial charge < -0.3 is 15.8 Å². The van der Waals surface area contributed by atoms with Crippen molar-refractivity contribution in [2.45, 2.75) is 25.2 Å². The number of rotatable bonds is 9. The first-order valence-corrected chi connectivity index (χ1v) is 8.20. The highest BCUT2D eigenvalue weighted by molar-refractivity contribution is 7.89. The molecule has 0 fully saturated rings. The molecular formula is C13H23N3O3S. The lowest BCUT2D eigenvalue weighted by atomic mass is 10.2. The van der Waals surface area contributed by atoms with Gasteiger partial charge in [-0.1, -0.05) is 6.92 Å². The zero-order chi connectivity index (χ0) is 15.0. The average molecular weight is 301 g/mol. The van der Waals surface area contributed by atoms with Gasteiger partial charge in [-0.3, -0.25) is 0 Å². The Kier molecular flexibility index (Phi) is 6.77. The van der Waals surface area contributed by atoms with E-state index in [1.165, 1.54) is 6.07 Å². The number of sulfonamides is 1. The molecule has 0 bridgehead atoms. The molecule has 114 valence electrons. The second-order valence-corrected chi connectivity index (χ2v) is 5.99. The van der Waals surface area contributed by atoms with Crippen LogP contribution in [0.15, 0.2) is 23.1 Å². The Hall–Kier alpha value is -1.31. The summed E-state index contributed by atoms with van der Waals surface area (Å²) in [5.41, 5.74) is 6.99. The number of anilines is 2. The molecule has 0 aliphatic heterocycles. The summed E-state index contributed by atoms with van der Waals surface area (Å²) in [7, 11) is -3.46. The molecule has 0 radical (unpaired) electrons. The molecule has 20 heavy (non-hydrogen) atoms. The number of nitrogens with one attached hydrogen (secondary N) is 2. The third-order valence-electron chi connectivity index (χ3n) is 2.65. The minimum absolute atomic E-state index is 0.209. The molecule has 0 aliphatic rings. The molecule has 0 saturated carbocycles. The highest BCUT2D eigenvalue weighted by Crippen LogP contribution is 2.22. The smallest absolute Gasteiger partial charge is 0.240 e. The van der Waals surface area contributed by atoms with Crippen molar-refractivity contribution in [3.63, 3.8) is 0 Å². The summed E-state index contributed by atoms with van der Waals surface area (Å²) >= 11 is 0. The highest BCUT2D eigenvalue weighted by atomic mass is 32.2. The molecule has 1 aromatic rings. The lowest BCUT2D eigenvalue weighted by Crippen LogP contribution is -2.23. The molecular weight excluding hydrogens is 278 g/mol. The second kappa shape index (κ2) is 8.08. The van der Waals surface area contributed by atoms with E-state index in [-0.39, 0.29) is 4.90 Å². The van der Waals surface area contributed by atoms with Gasteiger partial charge in [0.1, 0.15) is 0 Å². The van der Waals surface area contributed by atoms with Crippen LogP contribution in [0.3, 0.4) is 0 Å². The maximum Gasteiger partial charge on any atom is 0.240 e. The van der Waals surface area contributed by atoms with Crippen LogP contribution in [0, 0.1) is 0 Å². The Morgan fingerprint density at radius 3 is 2.70 bits per heavy atom. The average Bonchev–Trinajstić information content (AvgIpc) is 2.40. The van der Waals surface area contributed by atoms with E-state index in [4.69, 9.17) is 10.5 Å². The van der Waals surface area contributed by atoms with Crippen LogP contribution in [0.25, 0.3) is 0 Å². The lowest BCUT2D eigenvalue weighted by Gasteiger charge is -2.12. The fraction of sp³-hybridized carbons (Fsp3) is 0.538. The quantitative estimate of drug-likeness (QED) is 0.473. The second-order valence-electron chi connectivity index (χ2n) is 4.23. The number of hydrogen-bond acceptors (Lipinski definition) is 5. The first-order chi connectivity index (χ1) is 9.51. The van der Waals surface area contributed by atoms with Crippen molar-refractivity contribution in [3.8, 4) is 0 Å². The summed E-state index contributed by atoms with van der Waals surface area (Å²) in [4.78, 5) is 0.209. The van der Waals surface area contributed by atoms with Gasteiger partial charge in [-0.05, 0) is 31.5 Å². The summed E-state index contributed by atoms with van der Waals surface area (Å²) in [5, 5.41) is 3.13. The number of ether oxygens (including phenoxy) is 1. The van der Waals surface area contributed by atoms with E-state index in [2.05, 4.69) is 10.0 Å². The third kappa shape index (κ3) is 4.99. The summed E-state index contributed by atoms with van der Waals surface area (Å²) in [6.07, 6.45) is 0.831. The topological polar surface area (TPSA) is 93.5 Å². The molecule has 0 atom stereocenters. The number of benzene rings is 1. The van der Waals surface area contributed by atoms with Crippen molar-refractivity contribution in [2.24, 2.45) is 0 Å². The van der Waals surface area contributed by atoms with Crippen molar-refractivity contribution in [3.05, 3.63) is 18.2 Å². The lowest BCUT2D eigenvalue weighted by molar-refractivity contribution is 0.147. The molecule has 1 aromatic carbocycles. The van der Waals surface area contributed by atoms with E-state index < -0.39 is 10.0 Å². The van der Waals surface area contributed by atoms with Crippen LogP contribution < -0.4 is 15.8 Å². The summed E-state index contributed by atoms with van der Waals surface area (Å²) < 4.78 is 31.5. The van der Waals surface area contributed by atoms with E-state index in [1.54, 1.807) is 19.1 Å². The Balaban J connectivity index is 2.72. The van der Waals surface area contributed by atoms with Crippen molar-refractivity contribution < 1.29 is 13.2 Å². The maximum atomic E-state index is 11.9. The van der Waals surface area contributed by atoms with Crippen LogP contribution in [0.4, 0.5) is 11.4 Å². The van der Waals surface area contributed by atoms with Crippen LogP contribution in [0.1, 0.15) is 20.3 Å². The standard InChI is InChI=1S/C13H23N3O3S/c1-3-16-20(17,18)11-6-7-12(14)13(10-11)15-8-5-9-19-4-2/h6-7,10,15-16H,3-5,8-9,14H2,1-2H3. The van der Waals surface area contributed by atoms with E-state index in [9.17, 15) is 8.42 Å². The molecule has 1 rings (SSSR count). The Morgan fingerprint density at radius 2 is 2.05 bits per heavy atom. The first kappa shape index (κ1) is 16.7. The molecule has 0 spiro atoms. The van der Waals surface area contributed by atoms with Gasteiger partial charge in [-0.25, -0.2) is 13.1 Å². The highest BCUT2D eigenvalue weighted by Gasteiger charge is 2.14. The van der Waals surface area contributed by atoms with Crippen molar-refractivity contribution in [1.82, 2.24) is 4.72 Å². The van der Waals surface area contributed by atoms with Gasteiger partial charge in [0.15, 0.2) is 0 Å². The van der Waals surface area contributed by atoms with Gasteiger partial charge in [0.2, 0.25) is 10.0 Å². The molecule has 7 heteroatoms. The molecule has 0 aliphatic carbocycles. The summed E-state index contributed by atoms with van der Waals surface area (Å²) in [5.74, 6) is 0. The molecule has 6 nitrogen and oxygen atoms in total. The summed E-state index contributed by atoms with van der Waals surface area (Å²) in [6, 6.07) is 4.64. The van der Waals surface area contributed by atoms with Crippen molar-refractivity contribution in [1.29, 1.82) is 0 Å². The molecule has 0 amide bonds. The van der Waals surface area contributed by atoms with Gasteiger partial charge in [0.25, 0.3) is 0 Å². The minimum atomic E-state index is -3.46. The predicted molar refractivity (Wildman–Crippen MR) is 81.3 cm³/mol. The van der Waals surface area contributed by atoms with Crippen LogP contribution in [-0.2, 0) is 14.8 Å². The molecule has 0 aromatic heterocycles. The molecule has 0 heterocycles. The fourth-order valence-corrected chi connectivity index (χ4v) is 2.74. The number of nitrogen functional groups attached to an aromatic ring is 1. The van der Waals surface area contributed by atoms with Gasteiger partial charge >= 0.3 is 0 Å². The fourth-order valence-electron chi connectivity index (χ4n) is 1.67.